The van der Waals surface area contributed by atoms with Crippen LogP contribution in [-0.2, 0) is 13.1 Å². The minimum absolute atomic E-state index is 0.271. The molecule has 2 N–H and O–H groups in total. The fraction of sp³-hybridized carbons (Fsp3) is 0.500. The molecule has 96 valence electrons. The summed E-state index contributed by atoms with van der Waals surface area (Å²) in [5.41, 5.74) is 0.874. The van der Waals surface area contributed by atoms with Crippen molar-refractivity contribution in [1.82, 2.24) is 35.5 Å². The molecule has 2 heterocycles. The van der Waals surface area contributed by atoms with Crippen LogP contribution in [0, 0.1) is 6.92 Å². The number of carbonyl (C=O) groups is 1. The molecule has 0 radical (unpaired) electrons. The smallest absolute Gasteiger partial charge is 0.274 e. The van der Waals surface area contributed by atoms with E-state index in [0.29, 0.717) is 17.9 Å². The van der Waals surface area contributed by atoms with Gasteiger partial charge in [-0.1, -0.05) is 6.92 Å². The number of H-pyrrole nitrogens is 1. The van der Waals surface area contributed by atoms with Crippen LogP contribution in [0.5, 0.6) is 0 Å². The van der Waals surface area contributed by atoms with Crippen LogP contribution in [0.1, 0.15) is 35.4 Å². The van der Waals surface area contributed by atoms with E-state index in [2.05, 4.69) is 37.8 Å². The Hall–Kier alpha value is -2.25. The van der Waals surface area contributed by atoms with Gasteiger partial charge in [-0.2, -0.15) is 15.4 Å². The Kier molecular flexibility index (Phi) is 3.66. The van der Waals surface area contributed by atoms with E-state index in [1.807, 2.05) is 4.57 Å². The predicted octanol–water partition coefficient (Wildman–Crippen LogP) is 0.0446. The van der Waals surface area contributed by atoms with Gasteiger partial charge in [0.25, 0.3) is 5.91 Å². The van der Waals surface area contributed by atoms with Crippen molar-refractivity contribution in [3.8, 4) is 0 Å². The van der Waals surface area contributed by atoms with Crippen molar-refractivity contribution >= 4 is 5.91 Å². The summed E-state index contributed by atoms with van der Waals surface area (Å²) in [4.78, 5) is 11.8. The van der Waals surface area contributed by atoms with Gasteiger partial charge in [-0.05, 0) is 13.3 Å². The molecule has 0 aromatic carbocycles. The van der Waals surface area contributed by atoms with Crippen molar-refractivity contribution in [2.45, 2.75) is 33.4 Å². The molecule has 0 aliphatic carbocycles. The van der Waals surface area contributed by atoms with Crippen molar-refractivity contribution in [3.05, 3.63) is 23.5 Å². The molecule has 8 nitrogen and oxygen atoms in total. The average Bonchev–Trinajstić information content (AvgIpc) is 2.96. The van der Waals surface area contributed by atoms with E-state index < -0.39 is 0 Å². The highest BCUT2D eigenvalue weighted by atomic mass is 16.2. The first-order chi connectivity index (χ1) is 8.72. The number of amides is 1. The summed E-state index contributed by atoms with van der Waals surface area (Å²) in [7, 11) is 0. The van der Waals surface area contributed by atoms with Gasteiger partial charge in [0.15, 0.2) is 11.5 Å². The summed E-state index contributed by atoms with van der Waals surface area (Å²) >= 11 is 0. The zero-order chi connectivity index (χ0) is 13.0. The lowest BCUT2D eigenvalue weighted by Gasteiger charge is -2.05. The summed E-state index contributed by atoms with van der Waals surface area (Å²) in [6, 6.07) is 0. The molecule has 2 aromatic heterocycles. The molecular weight excluding hydrogens is 234 g/mol. The quantitative estimate of drug-likeness (QED) is 0.779. The van der Waals surface area contributed by atoms with E-state index in [4.69, 9.17) is 0 Å². The molecule has 0 aliphatic heterocycles. The summed E-state index contributed by atoms with van der Waals surface area (Å²) in [6.07, 6.45) is 2.65. The molecule has 2 rings (SSSR count). The van der Waals surface area contributed by atoms with Crippen molar-refractivity contribution in [1.29, 1.82) is 0 Å². The van der Waals surface area contributed by atoms with Crippen LogP contribution >= 0.6 is 0 Å². The van der Waals surface area contributed by atoms with E-state index >= 15 is 0 Å². The minimum atomic E-state index is -0.271. The van der Waals surface area contributed by atoms with Crippen LogP contribution in [0.4, 0.5) is 0 Å². The first-order valence-corrected chi connectivity index (χ1v) is 5.74. The number of aromatic amines is 1. The highest BCUT2D eigenvalue weighted by Crippen LogP contribution is 2.00. The van der Waals surface area contributed by atoms with Gasteiger partial charge < -0.3 is 9.88 Å². The summed E-state index contributed by atoms with van der Waals surface area (Å²) in [6.45, 7) is 4.95. The third kappa shape index (κ3) is 2.53. The number of nitrogens with one attached hydrogen (secondary N) is 2. The largest absolute Gasteiger partial charge is 0.343 e. The molecule has 1 amide bonds. The van der Waals surface area contributed by atoms with Gasteiger partial charge in [0.05, 0.1) is 12.2 Å². The zero-order valence-corrected chi connectivity index (χ0v) is 10.3. The molecule has 2 aromatic rings. The van der Waals surface area contributed by atoms with E-state index in [1.165, 1.54) is 0 Å². The maximum absolute atomic E-state index is 11.8. The van der Waals surface area contributed by atoms with Crippen LogP contribution in [0.25, 0.3) is 0 Å². The zero-order valence-electron chi connectivity index (χ0n) is 10.3. The summed E-state index contributed by atoms with van der Waals surface area (Å²) in [5.74, 6) is 0.457. The fourth-order valence-electron chi connectivity index (χ4n) is 1.59. The predicted molar refractivity (Wildman–Crippen MR) is 62.6 cm³/mol. The Morgan fingerprint density at radius 1 is 1.50 bits per heavy atom. The summed E-state index contributed by atoms with van der Waals surface area (Å²) < 4.78 is 1.91. The fourth-order valence-corrected chi connectivity index (χ4v) is 1.59. The number of aromatic nitrogens is 6. The maximum Gasteiger partial charge on any atom is 0.274 e. The van der Waals surface area contributed by atoms with Gasteiger partial charge in [-0.25, -0.2) is 0 Å². The van der Waals surface area contributed by atoms with E-state index in [0.717, 1.165) is 18.8 Å². The molecule has 0 fully saturated rings. The molecular formula is C10H15N7O. The molecule has 0 unspecified atom stereocenters. The third-order valence-electron chi connectivity index (χ3n) is 2.50. The second kappa shape index (κ2) is 5.39. The van der Waals surface area contributed by atoms with Crippen molar-refractivity contribution in [2.24, 2.45) is 0 Å². The standard InChI is InChI=1S/C10H15N7O/c1-3-4-17-6-12-14-8(17)5-11-10(18)9-7(2)13-16-15-9/h6H,3-5H2,1-2H3,(H,11,18)(H,13,15,16). The van der Waals surface area contributed by atoms with Crippen LogP contribution in [-0.4, -0.2) is 36.1 Å². The highest BCUT2D eigenvalue weighted by Gasteiger charge is 2.13. The number of aryl methyl sites for hydroxylation is 2. The lowest BCUT2D eigenvalue weighted by atomic mass is 10.3. The minimum Gasteiger partial charge on any atom is -0.343 e. The van der Waals surface area contributed by atoms with Crippen LogP contribution < -0.4 is 5.32 Å². The van der Waals surface area contributed by atoms with Gasteiger partial charge >= 0.3 is 0 Å². The number of hydrogen-bond acceptors (Lipinski definition) is 5. The van der Waals surface area contributed by atoms with Gasteiger partial charge in [0.2, 0.25) is 0 Å². The molecule has 8 heteroatoms. The average molecular weight is 249 g/mol. The van der Waals surface area contributed by atoms with Gasteiger partial charge in [-0.3, -0.25) is 4.79 Å². The van der Waals surface area contributed by atoms with Gasteiger partial charge in [0.1, 0.15) is 6.33 Å². The van der Waals surface area contributed by atoms with Gasteiger partial charge in [-0.15, -0.1) is 10.2 Å². The van der Waals surface area contributed by atoms with E-state index in [-0.39, 0.29) is 5.91 Å². The van der Waals surface area contributed by atoms with Crippen molar-refractivity contribution in [2.75, 3.05) is 0 Å². The highest BCUT2D eigenvalue weighted by molar-refractivity contribution is 5.92. The molecule has 0 atom stereocenters. The second-order valence-corrected chi connectivity index (χ2v) is 3.88. The Labute approximate surface area is 104 Å². The normalized spacial score (nSPS) is 10.6. The molecule has 18 heavy (non-hydrogen) atoms. The van der Waals surface area contributed by atoms with E-state index in [9.17, 15) is 4.79 Å². The summed E-state index contributed by atoms with van der Waals surface area (Å²) in [5, 5.41) is 20.5. The molecule has 0 saturated heterocycles. The maximum atomic E-state index is 11.8. The molecule has 0 bridgehead atoms. The van der Waals surface area contributed by atoms with Gasteiger partial charge in [0, 0.05) is 6.54 Å². The van der Waals surface area contributed by atoms with Crippen LogP contribution in [0.3, 0.4) is 0 Å². The lowest BCUT2D eigenvalue weighted by Crippen LogP contribution is -2.25. The first-order valence-electron chi connectivity index (χ1n) is 5.74. The Morgan fingerprint density at radius 3 is 3.00 bits per heavy atom. The Balaban J connectivity index is 1.97. The Bertz CT molecular complexity index is 530. The van der Waals surface area contributed by atoms with Crippen molar-refractivity contribution < 1.29 is 4.79 Å². The lowest BCUT2D eigenvalue weighted by molar-refractivity contribution is 0.0943. The molecule has 0 aliphatic rings. The number of carbonyl (C=O) groups excluding carboxylic acids is 1. The monoisotopic (exact) mass is 249 g/mol. The van der Waals surface area contributed by atoms with Crippen LogP contribution in [0.2, 0.25) is 0 Å². The number of rotatable bonds is 5. The number of nitrogens with zero attached hydrogens (tertiary/aromatic N) is 5. The SMILES string of the molecule is CCCn1cnnc1CNC(=O)c1n[nH]nc1C. The van der Waals surface area contributed by atoms with Crippen LogP contribution in [0.15, 0.2) is 6.33 Å². The number of hydrogen-bond donors (Lipinski definition) is 2. The van der Waals surface area contributed by atoms with Crippen molar-refractivity contribution in [3.63, 3.8) is 0 Å². The molecule has 0 spiro atoms. The first kappa shape index (κ1) is 12.2. The second-order valence-electron chi connectivity index (χ2n) is 3.88. The molecule has 0 saturated carbocycles. The third-order valence-corrected chi connectivity index (χ3v) is 2.50. The topological polar surface area (TPSA) is 101 Å². The van der Waals surface area contributed by atoms with E-state index in [1.54, 1.807) is 13.3 Å². The Morgan fingerprint density at radius 2 is 2.33 bits per heavy atom.